The predicted octanol–water partition coefficient (Wildman–Crippen LogP) is 5.89. The Bertz CT molecular complexity index is 905. The van der Waals surface area contributed by atoms with Crippen LogP contribution in [0.2, 0.25) is 0 Å². The van der Waals surface area contributed by atoms with Gasteiger partial charge in [0.2, 0.25) is 0 Å². The van der Waals surface area contributed by atoms with Crippen molar-refractivity contribution < 1.29 is 45.4 Å². The molecular weight excluding hydrogens is 466 g/mol. The van der Waals surface area contributed by atoms with Gasteiger partial charge in [-0.2, -0.15) is 26.3 Å². The number of halogens is 6. The first-order valence-corrected chi connectivity index (χ1v) is 10.7. The number of carbonyl (C=O) groups is 2. The van der Waals surface area contributed by atoms with Crippen LogP contribution in [0.25, 0.3) is 6.08 Å². The largest absolute Gasteiger partial charge is 0.455 e. The summed E-state index contributed by atoms with van der Waals surface area (Å²) >= 11 is 0. The first kappa shape index (κ1) is 25.8. The Morgan fingerprint density at radius 3 is 2.09 bits per heavy atom. The van der Waals surface area contributed by atoms with Crippen LogP contribution in [0.5, 0.6) is 0 Å². The number of esters is 2. The Morgan fingerprint density at radius 2 is 1.56 bits per heavy atom. The lowest BCUT2D eigenvalue weighted by Gasteiger charge is -2.40. The van der Waals surface area contributed by atoms with Gasteiger partial charge >= 0.3 is 24.3 Å². The molecule has 2 fully saturated rings. The molecule has 4 nitrogen and oxygen atoms in total. The lowest BCUT2D eigenvalue weighted by Crippen LogP contribution is -2.48. The molecule has 34 heavy (non-hydrogen) atoms. The Morgan fingerprint density at radius 1 is 1.00 bits per heavy atom. The average molecular weight is 490 g/mol. The Labute approximate surface area is 192 Å². The number of benzene rings is 1. The van der Waals surface area contributed by atoms with Crippen LogP contribution in [-0.4, -0.2) is 37.5 Å². The van der Waals surface area contributed by atoms with E-state index in [4.69, 9.17) is 0 Å². The highest BCUT2D eigenvalue weighted by Crippen LogP contribution is 2.55. The summed E-state index contributed by atoms with van der Waals surface area (Å²) in [5, 5.41) is 0. The SMILES string of the molecule is C=C1C[C@@H]2CCC(C(=O)OCC(F)(F)F)(C(=O)OCC(F)(F)F)C[C@H]2[C@@H]1/C=C/c1ccccc1. The number of rotatable bonds is 6. The number of allylic oxidation sites excluding steroid dienone is 2. The minimum Gasteiger partial charge on any atom is -0.455 e. The second kappa shape index (κ2) is 9.84. The summed E-state index contributed by atoms with van der Waals surface area (Å²) < 4.78 is 84.6. The van der Waals surface area contributed by atoms with E-state index in [0.717, 1.165) is 11.1 Å². The third kappa shape index (κ3) is 6.21. The number of alkyl halides is 6. The summed E-state index contributed by atoms with van der Waals surface area (Å²) in [6, 6.07) is 9.24. The van der Waals surface area contributed by atoms with Gasteiger partial charge in [0.05, 0.1) is 0 Å². The molecule has 0 amide bonds. The lowest BCUT2D eigenvalue weighted by molar-refractivity contribution is -0.209. The van der Waals surface area contributed by atoms with Crippen LogP contribution >= 0.6 is 0 Å². The van der Waals surface area contributed by atoms with Crippen molar-refractivity contribution in [2.45, 2.75) is 38.0 Å². The minimum atomic E-state index is -4.85. The van der Waals surface area contributed by atoms with Gasteiger partial charge in [-0.25, -0.2) is 0 Å². The van der Waals surface area contributed by atoms with Crippen molar-refractivity contribution >= 4 is 18.0 Å². The maximum atomic E-state index is 12.7. The van der Waals surface area contributed by atoms with Crippen molar-refractivity contribution in [3.05, 3.63) is 54.1 Å². The zero-order valence-corrected chi connectivity index (χ0v) is 18.1. The fraction of sp³-hybridized carbons (Fsp3) is 0.500. The van der Waals surface area contributed by atoms with E-state index < -0.39 is 48.8 Å². The molecule has 0 radical (unpaired) electrons. The maximum Gasteiger partial charge on any atom is 0.422 e. The first-order chi connectivity index (χ1) is 15.8. The highest BCUT2D eigenvalue weighted by atomic mass is 19.4. The van der Waals surface area contributed by atoms with E-state index in [1.165, 1.54) is 0 Å². The molecule has 2 saturated carbocycles. The van der Waals surface area contributed by atoms with Gasteiger partial charge in [0, 0.05) is 5.92 Å². The van der Waals surface area contributed by atoms with Gasteiger partial charge < -0.3 is 9.47 Å². The van der Waals surface area contributed by atoms with E-state index in [1.807, 2.05) is 42.5 Å². The van der Waals surface area contributed by atoms with Gasteiger partial charge in [0.1, 0.15) is 0 Å². The molecule has 10 heteroatoms. The van der Waals surface area contributed by atoms with E-state index in [1.54, 1.807) is 0 Å². The van der Waals surface area contributed by atoms with Crippen LogP contribution < -0.4 is 0 Å². The van der Waals surface area contributed by atoms with Gasteiger partial charge in [-0.3, -0.25) is 9.59 Å². The third-order valence-corrected chi connectivity index (χ3v) is 6.40. The zero-order valence-electron chi connectivity index (χ0n) is 18.1. The molecule has 186 valence electrons. The molecule has 1 aromatic rings. The van der Waals surface area contributed by atoms with Crippen molar-refractivity contribution in [2.24, 2.45) is 23.2 Å². The van der Waals surface area contributed by atoms with Gasteiger partial charge in [0.25, 0.3) is 0 Å². The third-order valence-electron chi connectivity index (χ3n) is 6.40. The second-order valence-electron chi connectivity index (χ2n) is 8.79. The summed E-state index contributed by atoms with van der Waals surface area (Å²) in [7, 11) is 0. The van der Waals surface area contributed by atoms with Crippen molar-refractivity contribution in [1.82, 2.24) is 0 Å². The summed E-state index contributed by atoms with van der Waals surface area (Å²) in [5.74, 6) is -3.75. The second-order valence-corrected chi connectivity index (χ2v) is 8.79. The van der Waals surface area contributed by atoms with Crippen molar-refractivity contribution in [1.29, 1.82) is 0 Å². The van der Waals surface area contributed by atoms with Crippen LogP contribution in [0.15, 0.2) is 48.6 Å². The molecule has 0 aliphatic heterocycles. The Balaban J connectivity index is 1.87. The summed E-state index contributed by atoms with van der Waals surface area (Å²) in [6.07, 6.45) is -5.75. The van der Waals surface area contributed by atoms with Crippen molar-refractivity contribution in [3.8, 4) is 0 Å². The van der Waals surface area contributed by atoms with Crippen molar-refractivity contribution in [3.63, 3.8) is 0 Å². The molecular formula is C24H24F6O4. The Kier molecular flexibility index (Phi) is 7.47. The number of ether oxygens (including phenoxy) is 2. The molecule has 0 unspecified atom stereocenters. The van der Waals surface area contributed by atoms with Gasteiger partial charge in [0.15, 0.2) is 18.6 Å². The number of fused-ring (bicyclic) bond motifs is 1. The van der Waals surface area contributed by atoms with E-state index >= 15 is 0 Å². The summed E-state index contributed by atoms with van der Waals surface area (Å²) in [5.41, 5.74) is -0.540. The molecule has 2 aliphatic rings. The fourth-order valence-corrected chi connectivity index (χ4v) is 4.85. The number of carbonyl (C=O) groups excluding carboxylic acids is 2. The summed E-state index contributed by atoms with van der Waals surface area (Å²) in [4.78, 5) is 25.5. The van der Waals surface area contributed by atoms with E-state index in [2.05, 4.69) is 16.1 Å². The van der Waals surface area contributed by atoms with E-state index in [0.29, 0.717) is 6.42 Å². The number of hydrogen-bond acceptors (Lipinski definition) is 4. The molecule has 0 heterocycles. The van der Waals surface area contributed by atoms with E-state index in [-0.39, 0.29) is 31.1 Å². The van der Waals surface area contributed by atoms with Crippen LogP contribution in [-0.2, 0) is 19.1 Å². The monoisotopic (exact) mass is 490 g/mol. The van der Waals surface area contributed by atoms with Crippen LogP contribution in [0.1, 0.15) is 31.2 Å². The lowest BCUT2D eigenvalue weighted by atomic mass is 9.64. The Hall–Kier alpha value is -2.78. The molecule has 3 atom stereocenters. The number of hydrogen-bond donors (Lipinski definition) is 0. The van der Waals surface area contributed by atoms with Crippen LogP contribution in [0.3, 0.4) is 0 Å². The van der Waals surface area contributed by atoms with Crippen molar-refractivity contribution in [2.75, 3.05) is 13.2 Å². The summed E-state index contributed by atoms with van der Waals surface area (Å²) in [6.45, 7) is 0.173. The highest BCUT2D eigenvalue weighted by Gasteiger charge is 2.57. The molecule has 0 spiro atoms. The van der Waals surface area contributed by atoms with Gasteiger partial charge in [-0.05, 0) is 43.1 Å². The molecule has 3 rings (SSSR count). The van der Waals surface area contributed by atoms with Gasteiger partial charge in [-0.15, -0.1) is 0 Å². The highest BCUT2D eigenvalue weighted by molar-refractivity contribution is 6.00. The van der Waals surface area contributed by atoms with Crippen LogP contribution in [0.4, 0.5) is 26.3 Å². The van der Waals surface area contributed by atoms with Gasteiger partial charge in [-0.1, -0.05) is 54.6 Å². The maximum absolute atomic E-state index is 12.7. The molecule has 0 aromatic heterocycles. The van der Waals surface area contributed by atoms with E-state index in [9.17, 15) is 35.9 Å². The molecule has 2 aliphatic carbocycles. The molecule has 0 N–H and O–H groups in total. The smallest absolute Gasteiger partial charge is 0.422 e. The average Bonchev–Trinajstić information content (AvgIpc) is 3.07. The molecule has 1 aromatic carbocycles. The first-order valence-electron chi connectivity index (χ1n) is 10.7. The normalized spacial score (nSPS) is 24.6. The quantitative estimate of drug-likeness (QED) is 0.216. The molecule has 0 bridgehead atoms. The predicted molar refractivity (Wildman–Crippen MR) is 110 cm³/mol. The topological polar surface area (TPSA) is 52.6 Å². The fourth-order valence-electron chi connectivity index (χ4n) is 4.85. The van der Waals surface area contributed by atoms with Crippen LogP contribution in [0, 0.1) is 23.2 Å². The molecule has 0 saturated heterocycles. The minimum absolute atomic E-state index is 0.0168. The standard InChI is InChI=1S/C24H24F6O4/c1-15-11-17-9-10-22(20(31)33-13-23(25,26)27,21(32)34-14-24(28,29)30)12-19(17)18(15)8-7-16-5-3-2-4-6-16/h2-8,17-19H,1,9-14H2/b8-7+/t17-,18+,19+/m0/s1. The zero-order chi connectivity index (χ0) is 25.1.